The summed E-state index contributed by atoms with van der Waals surface area (Å²) in [5.74, 6) is 0. The average molecular weight is 477 g/mol. The van der Waals surface area contributed by atoms with E-state index in [1.165, 1.54) is 27.0 Å². The topological polar surface area (TPSA) is 20.2 Å². The molecule has 1 nitrogen and oxygen atoms in total. The lowest BCUT2D eigenvalue weighted by molar-refractivity contribution is -0.00000683. The van der Waals surface area contributed by atoms with E-state index in [9.17, 15) is 5.11 Å². The highest BCUT2D eigenvalue weighted by Crippen LogP contribution is 2.58. The molecule has 1 N–H and O–H groups in total. The number of aliphatic hydroxyl groups is 1. The quantitative estimate of drug-likeness (QED) is 0.402. The second-order valence-corrected chi connectivity index (χ2v) is 10.7. The average Bonchev–Trinajstić information content (AvgIpc) is 2.80. The lowest BCUT2D eigenvalue weighted by Crippen LogP contribution is -3.00. The first-order valence-electron chi connectivity index (χ1n) is 10.1. The molecule has 0 unspecified atom stereocenters. The highest BCUT2D eigenvalue weighted by Gasteiger charge is 2.45. The molecule has 0 bridgehead atoms. The van der Waals surface area contributed by atoms with E-state index in [4.69, 9.17) is 0 Å². The van der Waals surface area contributed by atoms with Gasteiger partial charge in [0.2, 0.25) is 0 Å². The Morgan fingerprint density at radius 1 is 0.500 bits per heavy atom. The van der Waals surface area contributed by atoms with Crippen molar-refractivity contribution in [1.29, 1.82) is 0 Å². The normalized spacial score (nSPS) is 11.0. The summed E-state index contributed by atoms with van der Waals surface area (Å²) in [7, 11) is -1.86. The predicted molar refractivity (Wildman–Crippen MR) is 126 cm³/mol. The molecule has 0 aromatic heterocycles. The largest absolute Gasteiger partial charge is 1.00 e. The van der Waals surface area contributed by atoms with Gasteiger partial charge >= 0.3 is 0 Å². The van der Waals surface area contributed by atoms with Crippen molar-refractivity contribution in [2.45, 2.75) is 12.6 Å². The van der Waals surface area contributed by atoms with Crippen molar-refractivity contribution in [2.75, 3.05) is 6.61 Å². The van der Waals surface area contributed by atoms with Gasteiger partial charge in [0.25, 0.3) is 0 Å². The van der Waals surface area contributed by atoms with E-state index in [1.807, 2.05) is 0 Å². The van der Waals surface area contributed by atoms with Crippen LogP contribution >= 0.6 is 7.26 Å². The number of halogens is 1. The number of aliphatic hydroxyl groups excluding tert-OH is 1. The first kappa shape index (κ1) is 22.4. The van der Waals surface area contributed by atoms with Crippen molar-refractivity contribution in [2.24, 2.45) is 0 Å². The van der Waals surface area contributed by atoms with Crippen molar-refractivity contribution in [3.8, 4) is 0 Å². The summed E-state index contributed by atoms with van der Waals surface area (Å²) in [6.07, 6.45) is 1.68. The number of rotatable bonds is 7. The minimum absolute atomic E-state index is 0. The molecule has 0 spiro atoms. The zero-order valence-electron chi connectivity index (χ0n) is 16.9. The molecule has 0 aliphatic heterocycles. The molecular weight excluding hydrogens is 451 g/mol. The molecule has 30 heavy (non-hydrogen) atoms. The number of hydrogen-bond donors (Lipinski definition) is 1. The monoisotopic (exact) mass is 476 g/mol. The minimum Gasteiger partial charge on any atom is -1.00 e. The molecule has 4 rings (SSSR count). The first-order chi connectivity index (χ1) is 14.3. The van der Waals surface area contributed by atoms with E-state index in [-0.39, 0.29) is 23.6 Å². The zero-order valence-corrected chi connectivity index (χ0v) is 19.3. The third kappa shape index (κ3) is 4.73. The predicted octanol–water partition coefficient (Wildman–Crippen LogP) is 1.72. The molecule has 0 saturated carbocycles. The Morgan fingerprint density at radius 3 is 1.23 bits per heavy atom. The highest BCUT2D eigenvalue weighted by atomic mass is 79.9. The molecule has 0 saturated heterocycles. The minimum atomic E-state index is -1.86. The summed E-state index contributed by atoms with van der Waals surface area (Å²) < 4.78 is 0. The molecule has 0 atom stereocenters. The van der Waals surface area contributed by atoms with Gasteiger partial charge in [0.1, 0.15) is 23.2 Å². The molecule has 4 aromatic carbocycles. The fourth-order valence-electron chi connectivity index (χ4n) is 3.98. The SMILES string of the molecule is OCCc1ccc(C[P+](c2ccccc2)(c2ccccc2)c2ccccc2)cc1.[Br-]. The lowest BCUT2D eigenvalue weighted by Gasteiger charge is -2.28. The summed E-state index contributed by atoms with van der Waals surface area (Å²) in [6, 6.07) is 41.7. The van der Waals surface area contributed by atoms with Crippen molar-refractivity contribution >= 4 is 23.2 Å². The van der Waals surface area contributed by atoms with E-state index in [0.717, 1.165) is 6.16 Å². The maximum atomic E-state index is 9.23. The van der Waals surface area contributed by atoms with E-state index < -0.39 is 7.26 Å². The Bertz CT molecular complexity index is 922. The third-order valence-electron chi connectivity index (χ3n) is 5.43. The molecule has 0 aliphatic carbocycles. The second kappa shape index (κ2) is 10.7. The van der Waals surface area contributed by atoms with E-state index in [2.05, 4.69) is 115 Å². The van der Waals surface area contributed by atoms with Crippen LogP contribution in [0.4, 0.5) is 0 Å². The van der Waals surface area contributed by atoms with Gasteiger partial charge in [0.05, 0.1) is 6.16 Å². The van der Waals surface area contributed by atoms with Gasteiger partial charge in [-0.25, -0.2) is 0 Å². The van der Waals surface area contributed by atoms with Gasteiger partial charge in [-0.1, -0.05) is 78.9 Å². The molecule has 3 heteroatoms. The van der Waals surface area contributed by atoms with E-state index >= 15 is 0 Å². The maximum Gasteiger partial charge on any atom is 0.116 e. The van der Waals surface area contributed by atoms with Crippen molar-refractivity contribution in [1.82, 2.24) is 0 Å². The lowest BCUT2D eigenvalue weighted by atomic mass is 10.1. The van der Waals surface area contributed by atoms with Crippen LogP contribution in [0.1, 0.15) is 11.1 Å². The Kier molecular flexibility index (Phi) is 7.99. The van der Waals surface area contributed by atoms with Crippen LogP contribution in [0.3, 0.4) is 0 Å². The molecule has 0 amide bonds. The summed E-state index contributed by atoms with van der Waals surface area (Å²) >= 11 is 0. The molecule has 152 valence electrons. The van der Waals surface area contributed by atoms with Crippen LogP contribution in [0.15, 0.2) is 115 Å². The van der Waals surface area contributed by atoms with E-state index in [0.29, 0.717) is 6.42 Å². The van der Waals surface area contributed by atoms with Crippen molar-refractivity contribution < 1.29 is 22.1 Å². The Hall–Kier alpha value is -2.25. The standard InChI is InChI=1S/C27H26OP.BrH/c28-21-20-23-16-18-24(19-17-23)22-29(25-10-4-1-5-11-25,26-12-6-2-7-13-26)27-14-8-3-9-15-27;/h1-19,28H,20-22H2;1H/q+1;/p-1. The fraction of sp³-hybridized carbons (Fsp3) is 0.111. The van der Waals surface area contributed by atoms with Gasteiger partial charge in [0, 0.05) is 6.61 Å². The van der Waals surface area contributed by atoms with Gasteiger partial charge in [0.15, 0.2) is 0 Å². The summed E-state index contributed by atoms with van der Waals surface area (Å²) in [6.45, 7) is 0.189. The second-order valence-electron chi connectivity index (χ2n) is 7.26. The summed E-state index contributed by atoms with van der Waals surface area (Å²) in [5.41, 5.74) is 2.51. The molecule has 0 fully saturated rings. The number of benzene rings is 4. The van der Waals surface area contributed by atoms with Crippen molar-refractivity contribution in [3.63, 3.8) is 0 Å². The van der Waals surface area contributed by atoms with Crippen LogP contribution < -0.4 is 32.9 Å². The Balaban J connectivity index is 0.00000256. The van der Waals surface area contributed by atoms with Gasteiger partial charge in [-0.2, -0.15) is 0 Å². The van der Waals surface area contributed by atoms with Gasteiger partial charge in [-0.15, -0.1) is 0 Å². The van der Waals surface area contributed by atoms with Crippen LogP contribution in [0.25, 0.3) is 0 Å². The molecular formula is C27H26BrOP. The fourth-order valence-corrected chi connectivity index (χ4v) is 8.23. The van der Waals surface area contributed by atoms with Gasteiger partial charge in [-0.3, -0.25) is 0 Å². The summed E-state index contributed by atoms with van der Waals surface area (Å²) in [4.78, 5) is 0. The third-order valence-corrected chi connectivity index (χ3v) is 9.81. The van der Waals surface area contributed by atoms with Gasteiger partial charge < -0.3 is 22.1 Å². The van der Waals surface area contributed by atoms with Crippen LogP contribution in [-0.2, 0) is 12.6 Å². The van der Waals surface area contributed by atoms with Crippen LogP contribution in [0.5, 0.6) is 0 Å². The summed E-state index contributed by atoms with van der Waals surface area (Å²) in [5, 5.41) is 13.4. The van der Waals surface area contributed by atoms with Crippen LogP contribution in [0, 0.1) is 0 Å². The zero-order chi connectivity index (χ0) is 19.9. The molecule has 0 aliphatic rings. The Morgan fingerprint density at radius 2 is 0.867 bits per heavy atom. The van der Waals surface area contributed by atoms with Crippen molar-refractivity contribution in [3.05, 3.63) is 126 Å². The van der Waals surface area contributed by atoms with Gasteiger partial charge in [-0.05, 0) is 53.9 Å². The van der Waals surface area contributed by atoms with Crippen LogP contribution in [0.2, 0.25) is 0 Å². The first-order valence-corrected chi connectivity index (χ1v) is 12.0. The van der Waals surface area contributed by atoms with E-state index in [1.54, 1.807) is 0 Å². The highest BCUT2D eigenvalue weighted by molar-refractivity contribution is 7.95. The van der Waals surface area contributed by atoms with Crippen LogP contribution in [-0.4, -0.2) is 11.7 Å². The molecule has 4 aromatic rings. The smallest absolute Gasteiger partial charge is 0.116 e. The molecule has 0 heterocycles. The number of hydrogen-bond acceptors (Lipinski definition) is 1. The molecule has 0 radical (unpaired) electrons. The Labute approximate surface area is 190 Å². The maximum absolute atomic E-state index is 9.23.